The molecule has 0 aromatic heterocycles. The molecule has 10 heteroatoms. The molecule has 1 aliphatic heterocycles. The summed E-state index contributed by atoms with van der Waals surface area (Å²) in [5.41, 5.74) is 1.35. The quantitative estimate of drug-likeness (QED) is 0.477. The van der Waals surface area contributed by atoms with Crippen LogP contribution in [0.3, 0.4) is 0 Å². The number of benzene rings is 2. The summed E-state index contributed by atoms with van der Waals surface area (Å²) < 4.78 is 20.6. The van der Waals surface area contributed by atoms with Gasteiger partial charge >= 0.3 is 11.9 Å². The molecule has 1 amide bonds. The number of carbonyl (C=O) groups is 3. The van der Waals surface area contributed by atoms with Crippen molar-refractivity contribution >= 4 is 23.5 Å². The van der Waals surface area contributed by atoms with Crippen molar-refractivity contribution < 1.29 is 38.4 Å². The maximum Gasteiger partial charge on any atom is 0.337 e. The van der Waals surface area contributed by atoms with Gasteiger partial charge in [0.05, 0.1) is 33.4 Å². The number of methoxy groups -OCH3 is 4. The van der Waals surface area contributed by atoms with E-state index in [2.05, 4.69) is 5.32 Å². The summed E-state index contributed by atoms with van der Waals surface area (Å²) in [7, 11) is 5.26. The smallest absolute Gasteiger partial charge is 0.337 e. The van der Waals surface area contributed by atoms with Gasteiger partial charge in [-0.2, -0.15) is 0 Å². The number of anilines is 1. The Kier molecular flexibility index (Phi) is 8.67. The van der Waals surface area contributed by atoms with E-state index >= 15 is 0 Å². The molecule has 2 aromatic carbocycles. The predicted molar refractivity (Wildman–Crippen MR) is 126 cm³/mol. The van der Waals surface area contributed by atoms with Crippen molar-refractivity contribution in [2.75, 3.05) is 33.8 Å². The lowest BCUT2D eigenvalue weighted by atomic mass is 9.88. The number of likely N-dealkylation sites (tertiary alicyclic amines) is 1. The van der Waals surface area contributed by atoms with E-state index in [-0.39, 0.29) is 6.54 Å². The van der Waals surface area contributed by atoms with E-state index in [4.69, 9.17) is 18.9 Å². The van der Waals surface area contributed by atoms with E-state index in [0.29, 0.717) is 11.4 Å². The molecule has 35 heavy (non-hydrogen) atoms. The number of carbonyl (C=O) groups excluding carboxylic acids is 3. The maximum atomic E-state index is 13.2. The zero-order valence-corrected chi connectivity index (χ0v) is 20.0. The minimum absolute atomic E-state index is 0.0906. The van der Waals surface area contributed by atoms with E-state index in [9.17, 15) is 19.5 Å². The Morgan fingerprint density at radius 3 is 2.20 bits per heavy atom. The van der Waals surface area contributed by atoms with Crippen LogP contribution < -0.4 is 10.1 Å². The van der Waals surface area contributed by atoms with Gasteiger partial charge in [-0.1, -0.05) is 30.3 Å². The minimum Gasteiger partial charge on any atom is -0.497 e. The molecule has 0 bridgehead atoms. The van der Waals surface area contributed by atoms with Crippen molar-refractivity contribution in [3.05, 3.63) is 60.2 Å². The van der Waals surface area contributed by atoms with Gasteiger partial charge < -0.3 is 34.3 Å². The molecule has 188 valence electrons. The highest BCUT2D eigenvalue weighted by atomic mass is 16.6. The van der Waals surface area contributed by atoms with Crippen LogP contribution in [0.15, 0.2) is 54.6 Å². The van der Waals surface area contributed by atoms with Crippen molar-refractivity contribution in [2.45, 2.75) is 30.8 Å². The molecule has 2 aromatic rings. The lowest BCUT2D eigenvalue weighted by Gasteiger charge is -2.37. The van der Waals surface area contributed by atoms with Crippen LogP contribution >= 0.6 is 0 Å². The molecular formula is C25H30N2O8. The van der Waals surface area contributed by atoms with Crippen LogP contribution in [0.25, 0.3) is 0 Å². The van der Waals surface area contributed by atoms with Crippen LogP contribution in [0.5, 0.6) is 5.75 Å². The third-order valence-corrected chi connectivity index (χ3v) is 6.08. The summed E-state index contributed by atoms with van der Waals surface area (Å²) in [5, 5.41) is 14.0. The number of nitrogens with zero attached hydrogens (tertiary/aromatic N) is 1. The normalized spacial score (nSPS) is 21.2. The van der Waals surface area contributed by atoms with E-state index < -0.39 is 48.1 Å². The summed E-state index contributed by atoms with van der Waals surface area (Å²) in [6.07, 6.45) is -2.89. The summed E-state index contributed by atoms with van der Waals surface area (Å²) in [4.78, 5) is 40.1. The van der Waals surface area contributed by atoms with Gasteiger partial charge in [-0.15, -0.1) is 0 Å². The summed E-state index contributed by atoms with van der Waals surface area (Å²) >= 11 is 0. The fourth-order valence-corrected chi connectivity index (χ4v) is 4.36. The van der Waals surface area contributed by atoms with Gasteiger partial charge in [-0.3, -0.25) is 9.59 Å². The van der Waals surface area contributed by atoms with E-state index in [0.717, 1.165) is 5.56 Å². The Morgan fingerprint density at radius 1 is 1.00 bits per heavy atom. The van der Waals surface area contributed by atoms with Crippen LogP contribution in [0, 0.1) is 5.92 Å². The molecule has 0 radical (unpaired) electrons. The van der Waals surface area contributed by atoms with Crippen molar-refractivity contribution in [3.63, 3.8) is 0 Å². The second-order valence-electron chi connectivity index (χ2n) is 8.01. The summed E-state index contributed by atoms with van der Waals surface area (Å²) in [5.74, 6) is -2.82. The van der Waals surface area contributed by atoms with Gasteiger partial charge in [-0.25, -0.2) is 4.79 Å². The SMILES string of the molecule is COC(=O)[C@H]1[C@H]([C@H](Nc2ccc(OC)cc2)[C@@H](OC)C(=O)OC)N(Cc2ccccc2)C(=O)[C@@H]1O. The first-order valence-corrected chi connectivity index (χ1v) is 11.0. The standard InChI is InChI=1S/C25H30N2O8/c1-32-17-12-10-16(11-13-17)26-19(22(33-2)25(31)35-4)20-18(24(30)34-3)21(28)23(29)27(20)14-15-8-6-5-7-9-15/h5-13,18-22,26,28H,14H2,1-4H3/t18-,19-,20+,21+,22+/m0/s1. The number of nitrogens with one attached hydrogen (secondary N) is 1. The Labute approximate surface area is 203 Å². The van der Waals surface area contributed by atoms with Gasteiger partial charge in [0, 0.05) is 19.3 Å². The van der Waals surface area contributed by atoms with Crippen molar-refractivity contribution in [2.24, 2.45) is 5.92 Å². The van der Waals surface area contributed by atoms with Gasteiger partial charge in [0.15, 0.2) is 6.10 Å². The zero-order chi connectivity index (χ0) is 25.5. The lowest BCUT2D eigenvalue weighted by molar-refractivity contribution is -0.157. The van der Waals surface area contributed by atoms with Crippen molar-refractivity contribution in [1.82, 2.24) is 4.90 Å². The Bertz CT molecular complexity index is 1010. The second-order valence-corrected chi connectivity index (χ2v) is 8.01. The number of ether oxygens (including phenoxy) is 4. The third kappa shape index (κ3) is 5.55. The first-order valence-electron chi connectivity index (χ1n) is 11.0. The molecule has 1 heterocycles. The number of rotatable bonds is 10. The fraction of sp³-hybridized carbons (Fsp3) is 0.400. The Hall–Kier alpha value is -3.63. The molecule has 5 atom stereocenters. The minimum atomic E-state index is -1.66. The van der Waals surface area contributed by atoms with E-state index in [1.165, 1.54) is 33.3 Å². The fourth-order valence-electron chi connectivity index (χ4n) is 4.36. The second kappa shape index (κ2) is 11.7. The highest BCUT2D eigenvalue weighted by Gasteiger charge is 2.57. The number of hydrogen-bond donors (Lipinski definition) is 2. The average molecular weight is 487 g/mol. The molecule has 10 nitrogen and oxygen atoms in total. The molecule has 0 spiro atoms. The zero-order valence-electron chi connectivity index (χ0n) is 20.0. The van der Waals surface area contributed by atoms with Gasteiger partial charge in [-0.05, 0) is 29.8 Å². The van der Waals surface area contributed by atoms with Crippen molar-refractivity contribution in [1.29, 1.82) is 0 Å². The topological polar surface area (TPSA) is 124 Å². The number of aliphatic hydroxyl groups is 1. The van der Waals surface area contributed by atoms with Crippen LogP contribution in [-0.2, 0) is 35.1 Å². The van der Waals surface area contributed by atoms with Crippen LogP contribution in [0.2, 0.25) is 0 Å². The highest BCUT2D eigenvalue weighted by Crippen LogP contribution is 2.34. The molecule has 0 unspecified atom stereocenters. The van der Waals surface area contributed by atoms with Crippen LogP contribution in [-0.4, -0.2) is 80.6 Å². The largest absolute Gasteiger partial charge is 0.497 e. The van der Waals surface area contributed by atoms with Gasteiger partial charge in [0.2, 0.25) is 0 Å². The average Bonchev–Trinajstić information content (AvgIpc) is 3.13. The summed E-state index contributed by atoms with van der Waals surface area (Å²) in [6.45, 7) is 0.0906. The predicted octanol–water partition coefficient (Wildman–Crippen LogP) is 1.22. The molecular weight excluding hydrogens is 456 g/mol. The van der Waals surface area contributed by atoms with E-state index in [1.54, 1.807) is 24.3 Å². The first-order chi connectivity index (χ1) is 16.9. The maximum absolute atomic E-state index is 13.2. The van der Waals surface area contributed by atoms with Crippen LogP contribution in [0.1, 0.15) is 5.56 Å². The highest BCUT2D eigenvalue weighted by molar-refractivity contribution is 5.92. The number of hydrogen-bond acceptors (Lipinski definition) is 9. The molecule has 1 saturated heterocycles. The molecule has 3 rings (SSSR count). The van der Waals surface area contributed by atoms with Gasteiger partial charge in [0.1, 0.15) is 17.8 Å². The number of esters is 2. The lowest BCUT2D eigenvalue weighted by Crippen LogP contribution is -2.57. The first kappa shape index (κ1) is 26.0. The van der Waals surface area contributed by atoms with Gasteiger partial charge in [0.25, 0.3) is 5.91 Å². The van der Waals surface area contributed by atoms with Crippen molar-refractivity contribution in [3.8, 4) is 5.75 Å². The Morgan fingerprint density at radius 2 is 1.66 bits per heavy atom. The summed E-state index contributed by atoms with van der Waals surface area (Å²) in [6, 6.07) is 14.0. The molecule has 1 fully saturated rings. The molecule has 0 saturated carbocycles. The molecule has 1 aliphatic rings. The monoisotopic (exact) mass is 486 g/mol. The van der Waals surface area contributed by atoms with E-state index in [1.807, 2.05) is 30.3 Å². The Balaban J connectivity index is 2.11. The number of aliphatic hydroxyl groups excluding tert-OH is 1. The molecule has 0 aliphatic carbocycles. The molecule has 2 N–H and O–H groups in total. The third-order valence-electron chi connectivity index (χ3n) is 6.08. The van der Waals surface area contributed by atoms with Crippen LogP contribution in [0.4, 0.5) is 5.69 Å². The number of amides is 1.